The minimum atomic E-state index is -1.55. The van der Waals surface area contributed by atoms with Gasteiger partial charge in [-0.15, -0.1) is 12.4 Å². The maximum atomic E-state index is 9.21. The quantitative estimate of drug-likeness (QED) is 0.292. The molecule has 0 aliphatic carbocycles. The molecular weight excluding hydrogens is 214 g/mol. The standard InChI is InChI=1S/C7H17NO5.ClH/c1-8-2-4(10)6(12)7(13)5(11)3-9;/h4-13H,2-3H2,1H3;1H/t4-,5+,6+,7+;/m1./s1. The van der Waals surface area contributed by atoms with Crippen LogP contribution in [0.5, 0.6) is 0 Å². The first-order chi connectivity index (χ1) is 6.04. The predicted octanol–water partition coefficient (Wildman–Crippen LogP) is -2.94. The smallest absolute Gasteiger partial charge is 0.111 e. The van der Waals surface area contributed by atoms with Gasteiger partial charge in [-0.25, -0.2) is 0 Å². The van der Waals surface area contributed by atoms with Gasteiger partial charge in [-0.3, -0.25) is 0 Å². The fourth-order valence-corrected chi connectivity index (χ4v) is 0.893. The Balaban J connectivity index is 0. The summed E-state index contributed by atoms with van der Waals surface area (Å²) < 4.78 is 0. The van der Waals surface area contributed by atoms with Gasteiger partial charge in [0, 0.05) is 6.54 Å². The predicted molar refractivity (Wildman–Crippen MR) is 52.3 cm³/mol. The molecule has 14 heavy (non-hydrogen) atoms. The van der Waals surface area contributed by atoms with Crippen molar-refractivity contribution in [3.05, 3.63) is 0 Å². The highest BCUT2D eigenvalue weighted by atomic mass is 35.5. The molecular formula is C7H18ClNO5. The van der Waals surface area contributed by atoms with Crippen molar-refractivity contribution in [2.75, 3.05) is 20.2 Å². The van der Waals surface area contributed by atoms with Crippen LogP contribution in [0.3, 0.4) is 0 Å². The van der Waals surface area contributed by atoms with Gasteiger partial charge in [-0.1, -0.05) is 0 Å². The average Bonchev–Trinajstić information content (AvgIpc) is 2.14. The summed E-state index contributed by atoms with van der Waals surface area (Å²) >= 11 is 0. The van der Waals surface area contributed by atoms with Gasteiger partial charge in [0.05, 0.1) is 12.7 Å². The number of aliphatic hydroxyl groups excluding tert-OH is 5. The lowest BCUT2D eigenvalue weighted by atomic mass is 10.0. The Hall–Kier alpha value is 0.0500. The summed E-state index contributed by atoms with van der Waals surface area (Å²) in [6, 6.07) is 0. The zero-order valence-corrected chi connectivity index (χ0v) is 8.68. The lowest BCUT2D eigenvalue weighted by molar-refractivity contribution is -0.113. The van der Waals surface area contributed by atoms with Crippen molar-refractivity contribution in [1.82, 2.24) is 5.32 Å². The van der Waals surface area contributed by atoms with E-state index in [-0.39, 0.29) is 19.0 Å². The SMILES string of the molecule is CNC[C@@H](O)[C@H](O)[C@@H](O)[C@@H](O)CO.Cl. The van der Waals surface area contributed by atoms with Crippen LogP contribution in [-0.2, 0) is 0 Å². The van der Waals surface area contributed by atoms with E-state index in [1.807, 2.05) is 0 Å². The van der Waals surface area contributed by atoms with Gasteiger partial charge in [0.25, 0.3) is 0 Å². The van der Waals surface area contributed by atoms with Crippen LogP contribution in [0.25, 0.3) is 0 Å². The molecule has 0 aromatic heterocycles. The largest absolute Gasteiger partial charge is 0.394 e. The highest BCUT2D eigenvalue weighted by molar-refractivity contribution is 5.85. The molecule has 0 radical (unpaired) electrons. The number of hydrogen-bond donors (Lipinski definition) is 6. The van der Waals surface area contributed by atoms with Crippen LogP contribution < -0.4 is 5.32 Å². The second-order valence-electron chi connectivity index (χ2n) is 2.86. The Kier molecular flexibility index (Phi) is 9.85. The molecule has 4 atom stereocenters. The Bertz CT molecular complexity index is 139. The molecule has 0 amide bonds. The summed E-state index contributed by atoms with van der Waals surface area (Å²) in [6.07, 6.45) is -5.65. The Labute approximate surface area is 88.6 Å². The van der Waals surface area contributed by atoms with Gasteiger partial charge in [0.2, 0.25) is 0 Å². The van der Waals surface area contributed by atoms with E-state index >= 15 is 0 Å². The highest BCUT2D eigenvalue weighted by Crippen LogP contribution is 2.04. The lowest BCUT2D eigenvalue weighted by Gasteiger charge is -2.25. The van der Waals surface area contributed by atoms with E-state index in [4.69, 9.17) is 20.4 Å². The molecule has 0 aromatic carbocycles. The van der Waals surface area contributed by atoms with Crippen LogP contribution in [0.2, 0.25) is 0 Å². The van der Waals surface area contributed by atoms with Crippen LogP contribution in [0.15, 0.2) is 0 Å². The minimum Gasteiger partial charge on any atom is -0.394 e. The topological polar surface area (TPSA) is 113 Å². The fourth-order valence-electron chi connectivity index (χ4n) is 0.893. The highest BCUT2D eigenvalue weighted by Gasteiger charge is 2.29. The summed E-state index contributed by atoms with van der Waals surface area (Å²) in [5.41, 5.74) is 0. The van der Waals surface area contributed by atoms with E-state index in [2.05, 4.69) is 5.32 Å². The van der Waals surface area contributed by atoms with Gasteiger partial charge in [-0.2, -0.15) is 0 Å². The molecule has 0 saturated carbocycles. The molecule has 0 spiro atoms. The van der Waals surface area contributed by atoms with Crippen molar-refractivity contribution in [3.8, 4) is 0 Å². The minimum absolute atomic E-state index is 0. The summed E-state index contributed by atoms with van der Waals surface area (Å²) in [4.78, 5) is 0. The van der Waals surface area contributed by atoms with E-state index in [0.717, 1.165) is 0 Å². The van der Waals surface area contributed by atoms with Crippen molar-refractivity contribution in [2.45, 2.75) is 24.4 Å². The van der Waals surface area contributed by atoms with Crippen molar-refractivity contribution in [3.63, 3.8) is 0 Å². The van der Waals surface area contributed by atoms with Gasteiger partial charge in [-0.05, 0) is 7.05 Å². The average molecular weight is 232 g/mol. The van der Waals surface area contributed by atoms with E-state index < -0.39 is 31.0 Å². The monoisotopic (exact) mass is 231 g/mol. The summed E-state index contributed by atoms with van der Waals surface area (Å²) in [6.45, 7) is -0.569. The molecule has 0 unspecified atom stereocenters. The normalized spacial score (nSPS) is 19.3. The molecule has 0 aliphatic heterocycles. The van der Waals surface area contributed by atoms with Crippen LogP contribution in [0.4, 0.5) is 0 Å². The van der Waals surface area contributed by atoms with Crippen LogP contribution >= 0.6 is 12.4 Å². The summed E-state index contributed by atoms with van der Waals surface area (Å²) in [5.74, 6) is 0. The van der Waals surface area contributed by atoms with Crippen LogP contribution in [0.1, 0.15) is 0 Å². The lowest BCUT2D eigenvalue weighted by Crippen LogP contribution is -2.48. The number of aliphatic hydroxyl groups is 5. The maximum absolute atomic E-state index is 9.21. The Morgan fingerprint density at radius 3 is 1.79 bits per heavy atom. The number of halogens is 1. The zero-order chi connectivity index (χ0) is 10.4. The summed E-state index contributed by atoms with van der Waals surface area (Å²) in [5, 5.41) is 47.5. The molecule has 0 aliphatic rings. The molecule has 6 N–H and O–H groups in total. The molecule has 0 rings (SSSR count). The van der Waals surface area contributed by atoms with Gasteiger partial charge in [0.1, 0.15) is 18.3 Å². The van der Waals surface area contributed by atoms with Crippen molar-refractivity contribution in [1.29, 1.82) is 0 Å². The first kappa shape index (κ1) is 16.5. The molecule has 0 aromatic rings. The first-order valence-electron chi connectivity index (χ1n) is 4.02. The van der Waals surface area contributed by atoms with Crippen LogP contribution in [0, 0.1) is 0 Å². The number of likely N-dealkylation sites (N-methyl/N-ethyl adjacent to an activating group) is 1. The number of hydrogen-bond acceptors (Lipinski definition) is 6. The van der Waals surface area contributed by atoms with Gasteiger partial charge >= 0.3 is 0 Å². The van der Waals surface area contributed by atoms with Crippen molar-refractivity contribution < 1.29 is 25.5 Å². The molecule has 0 saturated heterocycles. The zero-order valence-electron chi connectivity index (χ0n) is 7.87. The second-order valence-corrected chi connectivity index (χ2v) is 2.86. The fraction of sp³-hybridized carbons (Fsp3) is 1.00. The van der Waals surface area contributed by atoms with E-state index in [9.17, 15) is 5.11 Å². The summed E-state index contributed by atoms with van der Waals surface area (Å²) in [7, 11) is 1.57. The molecule has 0 fully saturated rings. The molecule has 6 nitrogen and oxygen atoms in total. The Morgan fingerprint density at radius 1 is 1.00 bits per heavy atom. The molecule has 88 valence electrons. The third kappa shape index (κ3) is 5.06. The van der Waals surface area contributed by atoms with Gasteiger partial charge in [0.15, 0.2) is 0 Å². The van der Waals surface area contributed by atoms with Gasteiger partial charge < -0.3 is 30.8 Å². The van der Waals surface area contributed by atoms with Crippen molar-refractivity contribution in [2.24, 2.45) is 0 Å². The third-order valence-corrected chi connectivity index (χ3v) is 1.74. The second kappa shape index (κ2) is 8.37. The molecule has 0 heterocycles. The molecule has 0 bridgehead atoms. The van der Waals surface area contributed by atoms with Crippen LogP contribution in [-0.4, -0.2) is 70.1 Å². The van der Waals surface area contributed by atoms with Crippen molar-refractivity contribution >= 4 is 12.4 Å². The third-order valence-electron chi connectivity index (χ3n) is 1.74. The first-order valence-corrected chi connectivity index (χ1v) is 4.02. The maximum Gasteiger partial charge on any atom is 0.111 e. The van der Waals surface area contributed by atoms with E-state index in [1.165, 1.54) is 0 Å². The van der Waals surface area contributed by atoms with E-state index in [1.54, 1.807) is 7.05 Å². The van der Waals surface area contributed by atoms with E-state index in [0.29, 0.717) is 0 Å². The Morgan fingerprint density at radius 2 is 1.43 bits per heavy atom. The number of rotatable bonds is 6. The molecule has 7 heteroatoms. The number of nitrogens with one attached hydrogen (secondary N) is 1.